The first kappa shape index (κ1) is 18.8. The zero-order valence-corrected chi connectivity index (χ0v) is 20.6. The normalized spacial score (nSPS) is 27.9. The van der Waals surface area contributed by atoms with Crippen LogP contribution in [0.3, 0.4) is 0 Å². The van der Waals surface area contributed by atoms with E-state index in [4.69, 9.17) is 9.47 Å². The van der Waals surface area contributed by atoms with Gasteiger partial charge in [0.25, 0.3) is 0 Å². The molecule has 27 heavy (non-hydrogen) atoms. The average molecular weight is 507 g/mol. The van der Waals surface area contributed by atoms with E-state index in [1.807, 2.05) is 47.0 Å². The largest absolute Gasteiger partial charge is 0.480 e. The summed E-state index contributed by atoms with van der Waals surface area (Å²) in [5.41, 5.74) is 0. The Morgan fingerprint density at radius 3 is 1.33 bits per heavy atom. The second-order valence-corrected chi connectivity index (χ2v) is 16.0. The van der Waals surface area contributed by atoms with Crippen LogP contribution in [0.25, 0.3) is 0 Å². The summed E-state index contributed by atoms with van der Waals surface area (Å²) in [6, 6.07) is 0. The number of hydrogen-bond donors (Lipinski definition) is 0. The van der Waals surface area contributed by atoms with Crippen LogP contribution in [-0.2, 0) is 9.47 Å². The van der Waals surface area contributed by atoms with Crippen molar-refractivity contribution in [2.75, 3.05) is 13.2 Å². The average Bonchev–Trinajstić information content (AvgIpc) is 3.40. The van der Waals surface area contributed by atoms with Gasteiger partial charge in [-0.15, -0.1) is 0 Å². The predicted molar refractivity (Wildman–Crippen MR) is 131 cm³/mol. The highest BCUT2D eigenvalue weighted by Gasteiger charge is 2.38. The molecule has 5 heterocycles. The van der Waals surface area contributed by atoms with Gasteiger partial charge in [-0.3, -0.25) is 0 Å². The van der Waals surface area contributed by atoms with Crippen molar-refractivity contribution in [3.05, 3.63) is 45.4 Å². The predicted octanol–water partition coefficient (Wildman–Crippen LogP) is 8.64. The van der Waals surface area contributed by atoms with Gasteiger partial charge in [0.05, 0.1) is 25.4 Å². The summed E-state index contributed by atoms with van der Waals surface area (Å²) >= 11 is 15.4. The fourth-order valence-corrected chi connectivity index (χ4v) is 15.3. The maximum Gasteiger partial charge on any atom is 0.208 e. The Balaban J connectivity index is 1.14. The summed E-state index contributed by atoms with van der Waals surface area (Å²) < 4.78 is 20.1. The SMILES string of the molecule is C1CCC2=C(CC1)SC(=C1SC3=C(S1)SC(=C1SC4=C(OCCO4)S1)S3)S2. The van der Waals surface area contributed by atoms with E-state index in [1.54, 1.807) is 33.3 Å². The van der Waals surface area contributed by atoms with E-state index in [2.05, 4.69) is 23.5 Å². The van der Waals surface area contributed by atoms with Gasteiger partial charge >= 0.3 is 0 Å². The minimum atomic E-state index is 0.667. The molecule has 0 amide bonds. The molecule has 1 aliphatic carbocycles. The van der Waals surface area contributed by atoms with E-state index in [0.29, 0.717) is 13.2 Å². The van der Waals surface area contributed by atoms with Crippen LogP contribution in [0, 0.1) is 0 Å². The molecule has 0 aromatic rings. The smallest absolute Gasteiger partial charge is 0.208 e. The summed E-state index contributed by atoms with van der Waals surface area (Å²) in [4.78, 5) is 3.32. The summed E-state index contributed by atoms with van der Waals surface area (Å²) in [5, 5.41) is 1.91. The van der Waals surface area contributed by atoms with Crippen LogP contribution in [0.1, 0.15) is 32.1 Å². The van der Waals surface area contributed by atoms with Crippen LogP contribution in [0.15, 0.2) is 45.4 Å². The molecule has 0 radical (unpaired) electrons. The van der Waals surface area contributed by atoms with Crippen molar-refractivity contribution < 1.29 is 9.47 Å². The lowest BCUT2D eigenvalue weighted by Gasteiger charge is -2.13. The Morgan fingerprint density at radius 1 is 0.444 bits per heavy atom. The quantitative estimate of drug-likeness (QED) is 0.316. The molecule has 142 valence electrons. The van der Waals surface area contributed by atoms with Crippen LogP contribution in [0.2, 0.25) is 0 Å². The molecular weight excluding hydrogens is 493 g/mol. The van der Waals surface area contributed by atoms with Crippen molar-refractivity contribution in [2.24, 2.45) is 0 Å². The Labute approximate surface area is 192 Å². The Kier molecular flexibility index (Phi) is 5.57. The lowest BCUT2D eigenvalue weighted by atomic mass is 10.2. The molecule has 0 aromatic heterocycles. The van der Waals surface area contributed by atoms with Crippen LogP contribution in [-0.4, -0.2) is 13.2 Å². The van der Waals surface area contributed by atoms with Gasteiger partial charge in [0.2, 0.25) is 10.2 Å². The minimum Gasteiger partial charge on any atom is -0.480 e. The van der Waals surface area contributed by atoms with Crippen LogP contribution < -0.4 is 0 Å². The molecule has 6 aliphatic rings. The third-order valence-electron chi connectivity index (χ3n) is 4.38. The standard InChI is InChI=1S/C17H14O2S8/c1-2-4-8-9(5-3-1)21-12(20-8)14-24-16-17(25-14)27-15(26-16)13-22-10-11(23-13)19-7-6-18-10/h1-7H2. The third-order valence-corrected chi connectivity index (χ3v) is 16.2. The van der Waals surface area contributed by atoms with Crippen molar-refractivity contribution in [2.45, 2.75) is 32.1 Å². The Hall–Kier alpha value is 1.10. The fraction of sp³-hybridized carbons (Fsp3) is 0.412. The molecule has 2 nitrogen and oxygen atoms in total. The molecule has 10 heteroatoms. The van der Waals surface area contributed by atoms with E-state index in [0.717, 1.165) is 10.2 Å². The second-order valence-electron chi connectivity index (χ2n) is 6.22. The monoisotopic (exact) mass is 506 g/mol. The number of hydrogen-bond acceptors (Lipinski definition) is 10. The third kappa shape index (κ3) is 3.68. The van der Waals surface area contributed by atoms with Gasteiger partial charge in [-0.25, -0.2) is 0 Å². The lowest BCUT2D eigenvalue weighted by molar-refractivity contribution is 0.0949. The second kappa shape index (κ2) is 7.98. The van der Waals surface area contributed by atoms with E-state index in [-0.39, 0.29) is 0 Å². The van der Waals surface area contributed by atoms with Gasteiger partial charge in [0.1, 0.15) is 13.2 Å². The van der Waals surface area contributed by atoms with Gasteiger partial charge in [-0.2, -0.15) is 0 Å². The van der Waals surface area contributed by atoms with E-state index in [9.17, 15) is 0 Å². The van der Waals surface area contributed by atoms with Crippen molar-refractivity contribution in [1.29, 1.82) is 0 Å². The molecule has 0 N–H and O–H groups in total. The molecule has 6 rings (SSSR count). The molecule has 0 saturated carbocycles. The minimum absolute atomic E-state index is 0.667. The highest BCUT2D eigenvalue weighted by atomic mass is 32.3. The maximum atomic E-state index is 5.73. The van der Waals surface area contributed by atoms with Crippen LogP contribution in [0.5, 0.6) is 0 Å². The first-order valence-corrected chi connectivity index (χ1v) is 15.2. The molecule has 0 fully saturated rings. The van der Waals surface area contributed by atoms with Crippen LogP contribution in [0.4, 0.5) is 0 Å². The number of rotatable bonds is 0. The van der Waals surface area contributed by atoms with Crippen molar-refractivity contribution >= 4 is 94.1 Å². The molecule has 0 aromatic carbocycles. The summed E-state index contributed by atoms with van der Waals surface area (Å²) in [6.07, 6.45) is 6.72. The fourth-order valence-electron chi connectivity index (χ4n) is 3.13. The van der Waals surface area contributed by atoms with Gasteiger partial charge < -0.3 is 9.47 Å². The maximum absolute atomic E-state index is 5.73. The molecular formula is C17H14O2S8. The van der Waals surface area contributed by atoms with Crippen molar-refractivity contribution in [3.63, 3.8) is 0 Å². The molecule has 0 bridgehead atoms. The van der Waals surface area contributed by atoms with Gasteiger partial charge in [-0.1, -0.05) is 77.0 Å². The van der Waals surface area contributed by atoms with Gasteiger partial charge in [0.15, 0.2) is 0 Å². The Bertz CT molecular complexity index is 819. The molecule has 0 atom stereocenters. The summed E-state index contributed by atoms with van der Waals surface area (Å²) in [5.74, 6) is 0. The first-order chi connectivity index (χ1) is 13.3. The van der Waals surface area contributed by atoms with E-state index in [1.165, 1.54) is 57.5 Å². The number of allylic oxidation sites excluding steroid dienone is 2. The zero-order chi connectivity index (χ0) is 17.8. The number of ether oxygens (including phenoxy) is 2. The highest BCUT2D eigenvalue weighted by Crippen LogP contribution is 2.72. The topological polar surface area (TPSA) is 18.5 Å². The van der Waals surface area contributed by atoms with Crippen molar-refractivity contribution in [1.82, 2.24) is 0 Å². The van der Waals surface area contributed by atoms with E-state index >= 15 is 0 Å². The summed E-state index contributed by atoms with van der Waals surface area (Å²) in [6.45, 7) is 1.33. The van der Waals surface area contributed by atoms with E-state index < -0.39 is 0 Å². The number of thioether (sulfide) groups is 8. The first-order valence-electron chi connectivity index (χ1n) is 8.71. The van der Waals surface area contributed by atoms with Gasteiger partial charge in [0, 0.05) is 9.81 Å². The van der Waals surface area contributed by atoms with Crippen LogP contribution >= 0.6 is 94.1 Å². The lowest BCUT2D eigenvalue weighted by Crippen LogP contribution is -2.08. The summed E-state index contributed by atoms with van der Waals surface area (Å²) in [7, 11) is 0. The highest BCUT2D eigenvalue weighted by molar-refractivity contribution is 8.49. The zero-order valence-electron chi connectivity index (χ0n) is 14.0. The molecule has 0 unspecified atom stereocenters. The molecule has 5 aliphatic heterocycles. The molecule has 0 spiro atoms. The molecule has 0 saturated heterocycles. The van der Waals surface area contributed by atoms with Crippen molar-refractivity contribution in [3.8, 4) is 0 Å². The van der Waals surface area contributed by atoms with Gasteiger partial charge in [-0.05, 0) is 49.2 Å². The Morgan fingerprint density at radius 2 is 0.852 bits per heavy atom.